The van der Waals surface area contributed by atoms with Gasteiger partial charge in [-0.2, -0.15) is 0 Å². The number of carbonyl (C=O) groups is 2. The van der Waals surface area contributed by atoms with Gasteiger partial charge in [0, 0.05) is 0 Å². The first kappa shape index (κ1) is 26.6. The molecule has 0 spiro atoms. The summed E-state index contributed by atoms with van der Waals surface area (Å²) in [6.07, 6.45) is -0.278. The van der Waals surface area contributed by atoms with E-state index in [0.717, 1.165) is 15.9 Å². The van der Waals surface area contributed by atoms with Crippen LogP contribution in [0, 0.1) is 5.41 Å². The second-order valence-electron chi connectivity index (χ2n) is 9.35. The van der Waals surface area contributed by atoms with Crippen LogP contribution >= 0.6 is 7.26 Å². The Morgan fingerprint density at radius 3 is 1.57 bits per heavy atom. The Bertz CT molecular complexity index is 987. The van der Waals surface area contributed by atoms with Crippen LogP contribution in [0.2, 0.25) is 0 Å². The van der Waals surface area contributed by atoms with Crippen molar-refractivity contribution in [3.05, 3.63) is 91.0 Å². The van der Waals surface area contributed by atoms with Crippen molar-refractivity contribution in [2.75, 3.05) is 19.4 Å². The Kier molecular flexibility index (Phi) is 9.20. The summed E-state index contributed by atoms with van der Waals surface area (Å²) in [6, 6.07) is 30.3. The van der Waals surface area contributed by atoms with Crippen molar-refractivity contribution >= 4 is 35.1 Å². The summed E-state index contributed by atoms with van der Waals surface area (Å²) in [5.74, 6) is -0.776. The number of rotatable bonds is 11. The normalized spacial score (nSPS) is 13.0. The molecule has 0 bridgehead atoms. The van der Waals surface area contributed by atoms with E-state index in [1.165, 1.54) is 0 Å². The first-order valence-electron chi connectivity index (χ1n) is 12.0. The molecule has 5 nitrogen and oxygen atoms in total. The second-order valence-corrected chi connectivity index (χ2v) is 13.2. The van der Waals surface area contributed by atoms with Crippen molar-refractivity contribution in [3.8, 4) is 0 Å². The first-order chi connectivity index (χ1) is 16.8. The second kappa shape index (κ2) is 12.1. The van der Waals surface area contributed by atoms with Gasteiger partial charge in [0.1, 0.15) is 0 Å². The first-order valence-corrected chi connectivity index (χ1v) is 14.2. The molecule has 0 saturated carbocycles. The molecule has 35 heavy (non-hydrogen) atoms. The summed E-state index contributed by atoms with van der Waals surface area (Å²) in [5.41, 5.74) is -0.622. The fraction of sp³-hybridized carbons (Fsp3) is 0.310. The van der Waals surface area contributed by atoms with Gasteiger partial charge in [0.2, 0.25) is 0 Å². The minimum atomic E-state index is -2.77. The molecule has 0 saturated heterocycles. The van der Waals surface area contributed by atoms with E-state index in [1.807, 2.05) is 61.5 Å². The Morgan fingerprint density at radius 1 is 0.771 bits per heavy atom. The zero-order chi connectivity index (χ0) is 25.3. The summed E-state index contributed by atoms with van der Waals surface area (Å²) in [7, 11) is -2.77. The van der Waals surface area contributed by atoms with Crippen LogP contribution in [0.1, 0.15) is 27.2 Å². The number of esters is 2. The number of hydrogen-bond acceptors (Lipinski definition) is 5. The third-order valence-corrected chi connectivity index (χ3v) is 11.3. The Hall–Kier alpha value is -3.01. The van der Waals surface area contributed by atoms with E-state index in [0.29, 0.717) is 6.42 Å². The molecule has 1 unspecified atom stereocenters. The minimum absolute atomic E-state index is 0.181. The zero-order valence-corrected chi connectivity index (χ0v) is 21.6. The maximum atomic E-state index is 13.2. The molecule has 3 rings (SSSR count). The zero-order valence-electron chi connectivity index (χ0n) is 20.6. The average Bonchev–Trinajstić information content (AvgIpc) is 2.90. The van der Waals surface area contributed by atoms with Crippen LogP contribution in [0.4, 0.5) is 0 Å². The van der Waals surface area contributed by atoms with E-state index in [-0.39, 0.29) is 25.3 Å². The molecule has 0 aliphatic rings. The van der Waals surface area contributed by atoms with Crippen molar-refractivity contribution in [1.82, 2.24) is 0 Å². The third-order valence-electron chi connectivity index (χ3n) is 6.49. The van der Waals surface area contributed by atoms with Crippen LogP contribution in [0.3, 0.4) is 0 Å². The molecule has 0 amide bonds. The van der Waals surface area contributed by atoms with E-state index in [9.17, 15) is 14.7 Å². The Balaban J connectivity index is 1.81. The predicted molar refractivity (Wildman–Crippen MR) is 143 cm³/mol. The number of carbonyl (C=O) groups excluding carboxylic acids is 2. The van der Waals surface area contributed by atoms with Crippen LogP contribution in [0.15, 0.2) is 91.0 Å². The quantitative estimate of drug-likeness (QED) is 0.326. The Morgan fingerprint density at radius 2 is 1.17 bits per heavy atom. The molecule has 0 aliphatic carbocycles. The van der Waals surface area contributed by atoms with Crippen molar-refractivity contribution in [1.29, 1.82) is 0 Å². The van der Waals surface area contributed by atoms with E-state index < -0.39 is 24.8 Å². The van der Waals surface area contributed by atoms with Crippen molar-refractivity contribution in [2.45, 2.75) is 33.3 Å². The molecule has 3 aromatic carbocycles. The summed E-state index contributed by atoms with van der Waals surface area (Å²) < 4.78 is 10.8. The van der Waals surface area contributed by atoms with E-state index in [2.05, 4.69) is 36.4 Å². The standard InChI is InChI=1S/C29H35O5P/c1-4-29(2,3)28(32)34-21-23(30)20-33-27(31)22-35(24-14-8-5-9-15-24,25-16-10-6-11-17-25)26-18-12-7-13-19-26/h5-19,23,30,35H,4,20-22H2,1-3H3. The molecule has 0 aromatic heterocycles. The van der Waals surface area contributed by atoms with Crippen LogP contribution in [-0.2, 0) is 19.1 Å². The number of ether oxygens (including phenoxy) is 2. The molecule has 0 heterocycles. The van der Waals surface area contributed by atoms with Crippen LogP contribution < -0.4 is 15.9 Å². The van der Waals surface area contributed by atoms with Gasteiger partial charge in [0.05, 0.1) is 0 Å². The number of benzene rings is 3. The SMILES string of the molecule is CCC(C)(C)C(=O)OCC(O)COC(=O)C[PH](c1ccccc1)(c1ccccc1)c1ccccc1. The Labute approximate surface area is 208 Å². The molecule has 3 aromatic rings. The maximum absolute atomic E-state index is 13.2. The molecule has 186 valence electrons. The molecule has 0 radical (unpaired) electrons. The van der Waals surface area contributed by atoms with E-state index >= 15 is 0 Å². The molecule has 6 heteroatoms. The van der Waals surface area contributed by atoms with Gasteiger partial charge in [-0.3, -0.25) is 0 Å². The molecular formula is C29H35O5P. The number of hydrogen-bond donors (Lipinski definition) is 1. The summed E-state index contributed by atoms with van der Waals surface area (Å²) in [4.78, 5) is 25.4. The summed E-state index contributed by atoms with van der Waals surface area (Å²) in [6.45, 7) is 5.04. The monoisotopic (exact) mass is 494 g/mol. The number of aliphatic hydroxyl groups is 1. The van der Waals surface area contributed by atoms with Gasteiger partial charge >= 0.3 is 208 Å². The number of aliphatic hydroxyl groups excluding tert-OH is 1. The summed E-state index contributed by atoms with van der Waals surface area (Å²) >= 11 is 0. The predicted octanol–water partition coefficient (Wildman–Crippen LogP) is 3.60. The fourth-order valence-electron chi connectivity index (χ4n) is 3.99. The van der Waals surface area contributed by atoms with Crippen molar-refractivity contribution < 1.29 is 24.2 Å². The van der Waals surface area contributed by atoms with Gasteiger partial charge in [-0.25, -0.2) is 0 Å². The fourth-order valence-corrected chi connectivity index (χ4v) is 8.42. The van der Waals surface area contributed by atoms with Crippen molar-refractivity contribution in [2.24, 2.45) is 5.41 Å². The molecule has 0 fully saturated rings. The third kappa shape index (κ3) is 6.56. The van der Waals surface area contributed by atoms with Gasteiger partial charge in [-0.15, -0.1) is 0 Å². The molecule has 1 atom stereocenters. The average molecular weight is 495 g/mol. The van der Waals surface area contributed by atoms with Gasteiger partial charge in [0.25, 0.3) is 0 Å². The molecular weight excluding hydrogens is 459 g/mol. The van der Waals surface area contributed by atoms with Gasteiger partial charge in [-0.1, -0.05) is 0 Å². The van der Waals surface area contributed by atoms with Crippen LogP contribution in [0.25, 0.3) is 0 Å². The van der Waals surface area contributed by atoms with Gasteiger partial charge in [0.15, 0.2) is 0 Å². The van der Waals surface area contributed by atoms with Crippen molar-refractivity contribution in [3.63, 3.8) is 0 Å². The summed E-state index contributed by atoms with van der Waals surface area (Å²) in [5, 5.41) is 13.6. The van der Waals surface area contributed by atoms with Gasteiger partial charge in [-0.05, 0) is 0 Å². The van der Waals surface area contributed by atoms with Crippen LogP contribution in [0.5, 0.6) is 0 Å². The molecule has 1 N–H and O–H groups in total. The van der Waals surface area contributed by atoms with Gasteiger partial charge < -0.3 is 0 Å². The van der Waals surface area contributed by atoms with E-state index in [1.54, 1.807) is 13.8 Å². The van der Waals surface area contributed by atoms with E-state index in [4.69, 9.17) is 9.47 Å². The molecule has 0 aliphatic heterocycles. The van der Waals surface area contributed by atoms with Crippen LogP contribution in [-0.4, -0.2) is 42.5 Å². The topological polar surface area (TPSA) is 72.8 Å².